The average molecular weight is 264 g/mol. The van der Waals surface area contributed by atoms with Gasteiger partial charge in [-0.25, -0.2) is 0 Å². The smallest absolute Gasteiger partial charge is 0.0528 e. The van der Waals surface area contributed by atoms with Crippen LogP contribution in [-0.4, -0.2) is 4.57 Å². The summed E-state index contributed by atoms with van der Waals surface area (Å²) < 4.78 is 2.31. The van der Waals surface area contributed by atoms with Crippen molar-refractivity contribution in [2.24, 2.45) is 5.73 Å². The molecule has 0 aliphatic heterocycles. The number of para-hydroxylation sites is 1. The largest absolute Gasteiger partial charge is 0.343 e. The molecular weight excluding hydrogens is 244 g/mol. The Bertz CT molecular complexity index is 733. The molecule has 1 heterocycles. The summed E-state index contributed by atoms with van der Waals surface area (Å²) in [5.41, 5.74) is 12.4. The van der Waals surface area contributed by atoms with Crippen LogP contribution in [0.2, 0.25) is 0 Å². The number of rotatable bonds is 3. The van der Waals surface area contributed by atoms with Crippen molar-refractivity contribution in [3.8, 4) is 0 Å². The predicted octanol–water partition coefficient (Wildman–Crippen LogP) is 3.77. The number of nitrogens with two attached hydrogens (primary N) is 1. The van der Waals surface area contributed by atoms with Gasteiger partial charge in [0.25, 0.3) is 0 Å². The molecule has 20 heavy (non-hydrogen) atoms. The Labute approximate surface area is 119 Å². The van der Waals surface area contributed by atoms with Gasteiger partial charge in [-0.05, 0) is 47.6 Å². The normalized spacial score (nSPS) is 11.2. The van der Waals surface area contributed by atoms with E-state index in [2.05, 4.69) is 67.1 Å². The first-order chi connectivity index (χ1) is 9.70. The zero-order valence-corrected chi connectivity index (χ0v) is 12.1. The summed E-state index contributed by atoms with van der Waals surface area (Å²) in [6.45, 7) is 5.84. The van der Waals surface area contributed by atoms with Crippen LogP contribution in [0, 0.1) is 13.8 Å². The molecule has 0 unspecified atom stereocenters. The summed E-state index contributed by atoms with van der Waals surface area (Å²) in [4.78, 5) is 0. The molecule has 0 spiro atoms. The summed E-state index contributed by atoms with van der Waals surface area (Å²) >= 11 is 0. The minimum atomic E-state index is 0.577. The van der Waals surface area contributed by atoms with Crippen LogP contribution in [0.15, 0.2) is 48.7 Å². The van der Waals surface area contributed by atoms with E-state index in [1.807, 2.05) is 0 Å². The SMILES string of the molecule is Cc1cccc(C)c1Cn1ccc2cccc(CN)c21. The zero-order chi connectivity index (χ0) is 14.1. The Morgan fingerprint density at radius 3 is 2.35 bits per heavy atom. The first kappa shape index (κ1) is 12.9. The van der Waals surface area contributed by atoms with Gasteiger partial charge in [0.2, 0.25) is 0 Å². The number of nitrogens with zero attached hydrogens (tertiary/aromatic N) is 1. The van der Waals surface area contributed by atoms with E-state index in [0.29, 0.717) is 6.54 Å². The lowest BCUT2D eigenvalue weighted by molar-refractivity contribution is 0.817. The number of benzene rings is 2. The molecule has 3 aromatic rings. The lowest BCUT2D eigenvalue weighted by Gasteiger charge is -2.13. The van der Waals surface area contributed by atoms with Gasteiger partial charge in [-0.2, -0.15) is 0 Å². The topological polar surface area (TPSA) is 30.9 Å². The monoisotopic (exact) mass is 264 g/mol. The molecular formula is C18H20N2. The highest BCUT2D eigenvalue weighted by Gasteiger charge is 2.08. The molecule has 0 aliphatic rings. The first-order valence-corrected chi connectivity index (χ1v) is 7.02. The van der Waals surface area contributed by atoms with Gasteiger partial charge < -0.3 is 10.3 Å². The van der Waals surface area contributed by atoms with Crippen molar-refractivity contribution in [2.45, 2.75) is 26.9 Å². The fraction of sp³-hybridized carbons (Fsp3) is 0.222. The minimum absolute atomic E-state index is 0.577. The maximum absolute atomic E-state index is 5.88. The van der Waals surface area contributed by atoms with E-state index in [0.717, 1.165) is 6.54 Å². The quantitative estimate of drug-likeness (QED) is 0.767. The second-order valence-corrected chi connectivity index (χ2v) is 5.37. The van der Waals surface area contributed by atoms with E-state index in [9.17, 15) is 0 Å². The Hall–Kier alpha value is -2.06. The van der Waals surface area contributed by atoms with E-state index in [1.54, 1.807) is 0 Å². The molecule has 0 saturated heterocycles. The van der Waals surface area contributed by atoms with E-state index >= 15 is 0 Å². The molecule has 3 rings (SSSR count). The Balaban J connectivity index is 2.12. The van der Waals surface area contributed by atoms with E-state index in [-0.39, 0.29) is 0 Å². The lowest BCUT2D eigenvalue weighted by atomic mass is 10.0. The highest BCUT2D eigenvalue weighted by Crippen LogP contribution is 2.23. The molecule has 2 heteroatoms. The summed E-state index contributed by atoms with van der Waals surface area (Å²) in [5, 5.41) is 1.26. The highest BCUT2D eigenvalue weighted by atomic mass is 15.0. The fourth-order valence-electron chi connectivity index (χ4n) is 2.91. The molecule has 1 aromatic heterocycles. The third-order valence-electron chi connectivity index (χ3n) is 4.06. The van der Waals surface area contributed by atoms with Gasteiger partial charge in [0, 0.05) is 19.3 Å². The summed E-state index contributed by atoms with van der Waals surface area (Å²) in [7, 11) is 0. The van der Waals surface area contributed by atoms with Crippen molar-refractivity contribution in [1.29, 1.82) is 0 Å². The first-order valence-electron chi connectivity index (χ1n) is 7.02. The average Bonchev–Trinajstić information content (AvgIpc) is 2.86. The summed E-state index contributed by atoms with van der Waals surface area (Å²) in [6.07, 6.45) is 2.16. The van der Waals surface area contributed by atoms with Crippen molar-refractivity contribution in [3.05, 3.63) is 70.9 Å². The lowest BCUT2D eigenvalue weighted by Crippen LogP contribution is -2.05. The predicted molar refractivity (Wildman–Crippen MR) is 84.8 cm³/mol. The summed E-state index contributed by atoms with van der Waals surface area (Å²) in [6, 6.07) is 15.0. The maximum atomic E-state index is 5.88. The second-order valence-electron chi connectivity index (χ2n) is 5.37. The number of hydrogen-bond donors (Lipinski definition) is 1. The van der Waals surface area contributed by atoms with Crippen LogP contribution in [0.25, 0.3) is 10.9 Å². The Kier molecular flexibility index (Phi) is 3.33. The molecule has 0 amide bonds. The van der Waals surface area contributed by atoms with Crippen LogP contribution >= 0.6 is 0 Å². The second kappa shape index (κ2) is 5.14. The molecule has 2 nitrogen and oxygen atoms in total. The molecule has 0 radical (unpaired) electrons. The van der Waals surface area contributed by atoms with Crippen LogP contribution in [0.1, 0.15) is 22.3 Å². The third-order valence-corrected chi connectivity index (χ3v) is 4.06. The zero-order valence-electron chi connectivity index (χ0n) is 12.1. The number of aryl methyl sites for hydroxylation is 2. The standard InChI is InChI=1S/C18H20N2/c1-13-5-3-6-14(2)17(13)12-20-10-9-15-7-4-8-16(11-19)18(15)20/h3-10H,11-12,19H2,1-2H3. The minimum Gasteiger partial charge on any atom is -0.343 e. The number of hydrogen-bond acceptors (Lipinski definition) is 1. The van der Waals surface area contributed by atoms with Gasteiger partial charge in [0.05, 0.1) is 5.52 Å². The van der Waals surface area contributed by atoms with E-state index < -0.39 is 0 Å². The van der Waals surface area contributed by atoms with Gasteiger partial charge in [0.1, 0.15) is 0 Å². The van der Waals surface area contributed by atoms with Crippen molar-refractivity contribution < 1.29 is 0 Å². The van der Waals surface area contributed by atoms with Crippen molar-refractivity contribution in [1.82, 2.24) is 4.57 Å². The molecule has 2 N–H and O–H groups in total. The van der Waals surface area contributed by atoms with Gasteiger partial charge in [-0.3, -0.25) is 0 Å². The van der Waals surface area contributed by atoms with Crippen LogP contribution in [-0.2, 0) is 13.1 Å². The van der Waals surface area contributed by atoms with Crippen molar-refractivity contribution in [2.75, 3.05) is 0 Å². The van der Waals surface area contributed by atoms with Crippen molar-refractivity contribution in [3.63, 3.8) is 0 Å². The fourth-order valence-corrected chi connectivity index (χ4v) is 2.91. The van der Waals surface area contributed by atoms with Crippen molar-refractivity contribution >= 4 is 10.9 Å². The van der Waals surface area contributed by atoms with Gasteiger partial charge in [0.15, 0.2) is 0 Å². The molecule has 2 aromatic carbocycles. The third kappa shape index (κ3) is 2.12. The maximum Gasteiger partial charge on any atom is 0.0528 e. The number of aromatic nitrogens is 1. The highest BCUT2D eigenvalue weighted by molar-refractivity contribution is 5.83. The molecule has 0 fully saturated rings. The number of fused-ring (bicyclic) bond motifs is 1. The Morgan fingerprint density at radius 2 is 1.65 bits per heavy atom. The van der Waals surface area contributed by atoms with E-state index in [4.69, 9.17) is 5.73 Å². The van der Waals surface area contributed by atoms with Crippen LogP contribution in [0.5, 0.6) is 0 Å². The molecule has 0 atom stereocenters. The summed E-state index contributed by atoms with van der Waals surface area (Å²) in [5.74, 6) is 0. The molecule has 0 saturated carbocycles. The molecule has 0 aliphatic carbocycles. The van der Waals surface area contributed by atoms with Gasteiger partial charge in [-0.15, -0.1) is 0 Å². The van der Waals surface area contributed by atoms with Gasteiger partial charge >= 0.3 is 0 Å². The van der Waals surface area contributed by atoms with E-state index in [1.165, 1.54) is 33.2 Å². The molecule has 102 valence electrons. The van der Waals surface area contributed by atoms with Crippen LogP contribution in [0.4, 0.5) is 0 Å². The van der Waals surface area contributed by atoms with Gasteiger partial charge in [-0.1, -0.05) is 36.4 Å². The Morgan fingerprint density at radius 1 is 0.950 bits per heavy atom. The van der Waals surface area contributed by atoms with Crippen LogP contribution in [0.3, 0.4) is 0 Å². The van der Waals surface area contributed by atoms with Crippen LogP contribution < -0.4 is 5.73 Å². The molecule has 0 bridgehead atoms.